The second-order valence-electron chi connectivity index (χ2n) is 3.10. The number of aryl methyl sites for hydroxylation is 1. The highest BCUT2D eigenvalue weighted by Gasteiger charge is 2.08. The van der Waals surface area contributed by atoms with E-state index in [1.54, 1.807) is 11.8 Å². The van der Waals surface area contributed by atoms with Crippen molar-refractivity contribution in [3.63, 3.8) is 0 Å². The van der Waals surface area contributed by atoms with Crippen molar-refractivity contribution >= 4 is 45.8 Å². The first-order valence-electron chi connectivity index (χ1n) is 4.54. The van der Waals surface area contributed by atoms with Crippen LogP contribution < -0.4 is 0 Å². The van der Waals surface area contributed by atoms with E-state index in [-0.39, 0.29) is 0 Å². The summed E-state index contributed by atoms with van der Waals surface area (Å²) in [5.74, 6) is 0. The van der Waals surface area contributed by atoms with Gasteiger partial charge in [-0.25, -0.2) is 0 Å². The minimum Gasteiger partial charge on any atom is -0.143 e. The molecule has 0 saturated carbocycles. The zero-order valence-electron chi connectivity index (χ0n) is 8.20. The Labute approximate surface area is 98.1 Å². The van der Waals surface area contributed by atoms with E-state index in [2.05, 4.69) is 43.3 Å². The SMILES string of the molecule is CCc1csc2ccc(SC)c(S)c12. The first-order valence-corrected chi connectivity index (χ1v) is 7.09. The molecule has 14 heavy (non-hydrogen) atoms. The van der Waals surface area contributed by atoms with Crippen molar-refractivity contribution in [2.75, 3.05) is 6.26 Å². The number of thiophene rings is 1. The minimum absolute atomic E-state index is 1.09. The highest BCUT2D eigenvalue weighted by atomic mass is 32.2. The van der Waals surface area contributed by atoms with E-state index in [1.165, 1.54) is 20.5 Å². The summed E-state index contributed by atoms with van der Waals surface area (Å²) in [6.07, 6.45) is 3.18. The van der Waals surface area contributed by atoms with Crippen molar-refractivity contribution < 1.29 is 0 Å². The number of fused-ring (bicyclic) bond motifs is 1. The quantitative estimate of drug-likeness (QED) is 0.597. The molecule has 0 N–H and O–H groups in total. The van der Waals surface area contributed by atoms with Crippen LogP contribution in [0, 0.1) is 0 Å². The van der Waals surface area contributed by atoms with E-state index in [0.717, 1.165) is 11.3 Å². The molecule has 1 aromatic heterocycles. The molecule has 0 bridgehead atoms. The standard InChI is InChI=1S/C11H12S3/c1-3-7-6-14-8-4-5-9(13-2)11(12)10(7)8/h4-6,12H,3H2,1-2H3. The largest absolute Gasteiger partial charge is 0.143 e. The number of hydrogen-bond acceptors (Lipinski definition) is 3. The van der Waals surface area contributed by atoms with E-state index in [0.29, 0.717) is 0 Å². The molecule has 0 aliphatic carbocycles. The molecule has 0 aliphatic heterocycles. The van der Waals surface area contributed by atoms with E-state index < -0.39 is 0 Å². The maximum absolute atomic E-state index is 4.62. The lowest BCUT2D eigenvalue weighted by atomic mass is 10.1. The summed E-state index contributed by atoms with van der Waals surface area (Å²) in [6.45, 7) is 2.19. The third-order valence-corrected chi connectivity index (χ3v) is 4.75. The van der Waals surface area contributed by atoms with Crippen molar-refractivity contribution in [1.82, 2.24) is 0 Å². The molecule has 1 aromatic carbocycles. The zero-order chi connectivity index (χ0) is 10.1. The van der Waals surface area contributed by atoms with Crippen LogP contribution in [0.3, 0.4) is 0 Å². The first-order chi connectivity index (χ1) is 6.77. The molecule has 0 radical (unpaired) electrons. The monoisotopic (exact) mass is 240 g/mol. The van der Waals surface area contributed by atoms with Crippen LogP contribution in [-0.2, 0) is 6.42 Å². The molecule has 0 atom stereocenters. The molecular formula is C11H12S3. The predicted octanol–water partition coefficient (Wildman–Crippen LogP) is 4.47. The number of benzene rings is 1. The Morgan fingerprint density at radius 1 is 1.43 bits per heavy atom. The van der Waals surface area contributed by atoms with Crippen LogP contribution >= 0.6 is 35.7 Å². The summed E-state index contributed by atoms with van der Waals surface area (Å²) in [5, 5.41) is 3.60. The van der Waals surface area contributed by atoms with Crippen LogP contribution in [0.15, 0.2) is 27.3 Å². The van der Waals surface area contributed by atoms with Gasteiger partial charge in [-0.2, -0.15) is 0 Å². The van der Waals surface area contributed by atoms with Gasteiger partial charge in [-0.05, 0) is 35.8 Å². The fraction of sp³-hybridized carbons (Fsp3) is 0.273. The first kappa shape index (κ1) is 10.4. The summed E-state index contributed by atoms with van der Waals surface area (Å²) in [7, 11) is 0. The average molecular weight is 240 g/mol. The second kappa shape index (κ2) is 4.17. The number of hydrogen-bond donors (Lipinski definition) is 1. The Bertz CT molecular complexity index is 457. The highest BCUT2D eigenvalue weighted by Crippen LogP contribution is 2.36. The molecule has 0 nitrogen and oxygen atoms in total. The van der Waals surface area contributed by atoms with Gasteiger partial charge in [0.2, 0.25) is 0 Å². The molecular weight excluding hydrogens is 228 g/mol. The molecule has 0 aliphatic rings. The predicted molar refractivity (Wildman–Crippen MR) is 70.2 cm³/mol. The van der Waals surface area contributed by atoms with E-state index in [1.807, 2.05) is 11.3 Å². The molecule has 2 aromatic rings. The molecule has 0 spiro atoms. The second-order valence-corrected chi connectivity index (χ2v) is 5.31. The smallest absolute Gasteiger partial charge is 0.0357 e. The summed E-state index contributed by atoms with van der Waals surface area (Å²) in [6, 6.07) is 4.36. The van der Waals surface area contributed by atoms with Crippen molar-refractivity contribution in [3.8, 4) is 0 Å². The molecule has 74 valence electrons. The lowest BCUT2D eigenvalue weighted by Crippen LogP contribution is -1.80. The van der Waals surface area contributed by atoms with Crippen molar-refractivity contribution in [3.05, 3.63) is 23.1 Å². The third-order valence-electron chi connectivity index (χ3n) is 2.35. The van der Waals surface area contributed by atoms with Crippen LogP contribution in [0.1, 0.15) is 12.5 Å². The van der Waals surface area contributed by atoms with Gasteiger partial charge in [-0.15, -0.1) is 35.7 Å². The number of thioether (sulfide) groups is 1. The Morgan fingerprint density at radius 2 is 2.21 bits per heavy atom. The van der Waals surface area contributed by atoms with Gasteiger partial charge in [-0.3, -0.25) is 0 Å². The molecule has 0 saturated heterocycles. The van der Waals surface area contributed by atoms with Crippen LogP contribution in [0.2, 0.25) is 0 Å². The average Bonchev–Trinajstić information content (AvgIpc) is 2.62. The van der Waals surface area contributed by atoms with E-state index in [4.69, 9.17) is 0 Å². The van der Waals surface area contributed by atoms with Gasteiger partial charge in [0.05, 0.1) is 0 Å². The fourth-order valence-electron chi connectivity index (χ4n) is 1.58. The van der Waals surface area contributed by atoms with Gasteiger partial charge >= 0.3 is 0 Å². The molecule has 0 amide bonds. The lowest BCUT2D eigenvalue weighted by molar-refractivity contribution is 1.16. The number of thiol groups is 1. The zero-order valence-corrected chi connectivity index (χ0v) is 10.7. The maximum Gasteiger partial charge on any atom is 0.0357 e. The highest BCUT2D eigenvalue weighted by molar-refractivity contribution is 7.99. The Morgan fingerprint density at radius 3 is 2.86 bits per heavy atom. The van der Waals surface area contributed by atoms with Gasteiger partial charge in [0.1, 0.15) is 0 Å². The topological polar surface area (TPSA) is 0 Å². The summed E-state index contributed by atoms with van der Waals surface area (Å²) in [4.78, 5) is 2.42. The van der Waals surface area contributed by atoms with Crippen LogP contribution in [0.4, 0.5) is 0 Å². The van der Waals surface area contributed by atoms with Crippen molar-refractivity contribution in [1.29, 1.82) is 0 Å². The molecule has 1 heterocycles. The lowest BCUT2D eigenvalue weighted by Gasteiger charge is -2.04. The maximum atomic E-state index is 4.62. The van der Waals surface area contributed by atoms with Crippen LogP contribution in [0.5, 0.6) is 0 Å². The van der Waals surface area contributed by atoms with Gasteiger partial charge in [-0.1, -0.05) is 6.92 Å². The molecule has 0 unspecified atom stereocenters. The van der Waals surface area contributed by atoms with Gasteiger partial charge in [0, 0.05) is 19.9 Å². The van der Waals surface area contributed by atoms with Crippen molar-refractivity contribution in [2.45, 2.75) is 23.1 Å². The van der Waals surface area contributed by atoms with Gasteiger partial charge < -0.3 is 0 Å². The summed E-state index contributed by atoms with van der Waals surface area (Å²) < 4.78 is 1.35. The summed E-state index contributed by atoms with van der Waals surface area (Å²) >= 11 is 8.19. The van der Waals surface area contributed by atoms with Crippen LogP contribution in [-0.4, -0.2) is 6.26 Å². The van der Waals surface area contributed by atoms with E-state index in [9.17, 15) is 0 Å². The Kier molecular flexibility index (Phi) is 3.10. The normalized spacial score (nSPS) is 11.1. The molecule has 3 heteroatoms. The third kappa shape index (κ3) is 1.58. The summed E-state index contributed by atoms with van der Waals surface area (Å²) in [5.41, 5.74) is 1.42. The van der Waals surface area contributed by atoms with Gasteiger partial charge in [0.25, 0.3) is 0 Å². The van der Waals surface area contributed by atoms with Crippen molar-refractivity contribution in [2.24, 2.45) is 0 Å². The minimum atomic E-state index is 1.09. The molecule has 0 fully saturated rings. The van der Waals surface area contributed by atoms with Gasteiger partial charge in [0.15, 0.2) is 0 Å². The van der Waals surface area contributed by atoms with Crippen LogP contribution in [0.25, 0.3) is 10.1 Å². The fourth-order valence-corrected chi connectivity index (χ4v) is 3.82. The molecule has 2 rings (SSSR count). The Balaban J connectivity index is 2.77. The number of rotatable bonds is 2. The van der Waals surface area contributed by atoms with E-state index >= 15 is 0 Å². The Hall–Kier alpha value is -0.120.